The quantitative estimate of drug-likeness (QED) is 0.875. The minimum absolute atomic E-state index is 0.0241. The molecule has 0 spiro atoms. The average Bonchev–Trinajstić information content (AvgIpc) is 2.85. The highest BCUT2D eigenvalue weighted by Crippen LogP contribution is 2.29. The monoisotopic (exact) mass is 262 g/mol. The van der Waals surface area contributed by atoms with E-state index >= 15 is 0 Å². The Morgan fingerprint density at radius 1 is 1.16 bits per heavy atom. The fourth-order valence-electron chi connectivity index (χ4n) is 2.04. The number of ether oxygens (including phenoxy) is 2. The summed E-state index contributed by atoms with van der Waals surface area (Å²) in [5.41, 5.74) is 2.00. The Labute approximate surface area is 112 Å². The second-order valence-electron chi connectivity index (χ2n) is 4.15. The molecule has 0 aliphatic heterocycles. The molecule has 0 saturated carbocycles. The smallest absolute Gasteiger partial charge is 0.122 e. The van der Waals surface area contributed by atoms with Crippen LogP contribution < -0.4 is 14.8 Å². The van der Waals surface area contributed by atoms with E-state index in [0.717, 1.165) is 22.8 Å². The Balaban J connectivity index is 2.46. The standard InChI is InChI=1S/C13H18N4O2/c1-14-13(12-8-15-16-17(12)2)9-5-10(18-3)7-11(6-9)19-4/h5-8,13-14H,1-4H3. The maximum absolute atomic E-state index is 5.29. The van der Waals surface area contributed by atoms with E-state index in [0.29, 0.717) is 0 Å². The van der Waals surface area contributed by atoms with Gasteiger partial charge >= 0.3 is 0 Å². The number of nitrogens with one attached hydrogen (secondary N) is 1. The van der Waals surface area contributed by atoms with Crippen LogP contribution in [0.1, 0.15) is 17.3 Å². The molecule has 0 aliphatic rings. The predicted molar refractivity (Wildman–Crippen MR) is 71.5 cm³/mol. The summed E-state index contributed by atoms with van der Waals surface area (Å²) in [4.78, 5) is 0. The molecule has 102 valence electrons. The van der Waals surface area contributed by atoms with Crippen molar-refractivity contribution in [3.8, 4) is 11.5 Å². The SMILES string of the molecule is CNC(c1cc(OC)cc(OC)c1)c1cnnn1C. The summed E-state index contributed by atoms with van der Waals surface area (Å²) >= 11 is 0. The molecule has 0 saturated heterocycles. The zero-order valence-corrected chi connectivity index (χ0v) is 11.5. The predicted octanol–water partition coefficient (Wildman–Crippen LogP) is 1.14. The number of aryl methyl sites for hydroxylation is 1. The third-order valence-corrected chi connectivity index (χ3v) is 3.04. The van der Waals surface area contributed by atoms with E-state index in [1.54, 1.807) is 25.1 Å². The van der Waals surface area contributed by atoms with E-state index in [1.165, 1.54) is 0 Å². The van der Waals surface area contributed by atoms with Gasteiger partial charge in [0.05, 0.1) is 32.2 Å². The normalized spacial score (nSPS) is 12.2. The van der Waals surface area contributed by atoms with Crippen LogP contribution in [-0.4, -0.2) is 36.3 Å². The van der Waals surface area contributed by atoms with Crippen LogP contribution in [0.4, 0.5) is 0 Å². The summed E-state index contributed by atoms with van der Waals surface area (Å²) in [6.45, 7) is 0. The van der Waals surface area contributed by atoms with Gasteiger partial charge in [0.1, 0.15) is 11.5 Å². The van der Waals surface area contributed by atoms with Crippen LogP contribution >= 0.6 is 0 Å². The second-order valence-corrected chi connectivity index (χ2v) is 4.15. The highest BCUT2D eigenvalue weighted by atomic mass is 16.5. The number of hydrogen-bond acceptors (Lipinski definition) is 5. The van der Waals surface area contributed by atoms with Gasteiger partial charge in [0, 0.05) is 13.1 Å². The molecular formula is C13H18N4O2. The summed E-state index contributed by atoms with van der Waals surface area (Å²) in [7, 11) is 7.03. The lowest BCUT2D eigenvalue weighted by molar-refractivity contribution is 0.392. The molecule has 6 nitrogen and oxygen atoms in total. The van der Waals surface area contributed by atoms with E-state index < -0.39 is 0 Å². The number of rotatable bonds is 5. The topological polar surface area (TPSA) is 61.2 Å². The molecule has 1 atom stereocenters. The molecule has 0 fully saturated rings. The molecule has 1 aromatic heterocycles. The number of aromatic nitrogens is 3. The molecule has 1 aromatic carbocycles. The van der Waals surface area contributed by atoms with E-state index in [1.807, 2.05) is 32.3 Å². The Bertz CT molecular complexity index is 531. The van der Waals surface area contributed by atoms with Gasteiger partial charge in [0.15, 0.2) is 0 Å². The summed E-state index contributed by atoms with van der Waals surface area (Å²) < 4.78 is 12.3. The fraction of sp³-hybridized carbons (Fsp3) is 0.385. The summed E-state index contributed by atoms with van der Waals surface area (Å²) in [5.74, 6) is 1.51. The summed E-state index contributed by atoms with van der Waals surface area (Å²) in [6.07, 6.45) is 1.74. The number of benzene rings is 1. The lowest BCUT2D eigenvalue weighted by atomic mass is 10.0. The van der Waals surface area contributed by atoms with Crippen LogP contribution in [0.25, 0.3) is 0 Å². The molecule has 1 unspecified atom stereocenters. The molecular weight excluding hydrogens is 244 g/mol. The highest BCUT2D eigenvalue weighted by Gasteiger charge is 2.18. The molecule has 0 amide bonds. The largest absolute Gasteiger partial charge is 0.497 e. The highest BCUT2D eigenvalue weighted by molar-refractivity contribution is 5.41. The van der Waals surface area contributed by atoms with Gasteiger partial charge in [-0.15, -0.1) is 5.10 Å². The van der Waals surface area contributed by atoms with Crippen molar-refractivity contribution in [3.05, 3.63) is 35.7 Å². The lowest BCUT2D eigenvalue weighted by Crippen LogP contribution is -2.20. The van der Waals surface area contributed by atoms with Crippen LogP contribution in [-0.2, 0) is 7.05 Å². The van der Waals surface area contributed by atoms with Crippen LogP contribution in [0, 0.1) is 0 Å². The van der Waals surface area contributed by atoms with Crippen molar-refractivity contribution in [1.82, 2.24) is 20.3 Å². The second kappa shape index (κ2) is 5.71. The first-order chi connectivity index (χ1) is 9.19. The molecule has 0 aliphatic carbocycles. The third kappa shape index (κ3) is 2.68. The van der Waals surface area contributed by atoms with Crippen molar-refractivity contribution < 1.29 is 9.47 Å². The van der Waals surface area contributed by atoms with Crippen molar-refractivity contribution >= 4 is 0 Å². The van der Waals surface area contributed by atoms with Crippen molar-refractivity contribution in [1.29, 1.82) is 0 Å². The van der Waals surface area contributed by atoms with Crippen molar-refractivity contribution in [3.63, 3.8) is 0 Å². The Kier molecular flexibility index (Phi) is 4.01. The molecule has 2 aromatic rings. The van der Waals surface area contributed by atoms with Crippen molar-refractivity contribution in [2.45, 2.75) is 6.04 Å². The number of nitrogens with zero attached hydrogens (tertiary/aromatic N) is 3. The minimum atomic E-state index is -0.0241. The molecule has 1 heterocycles. The first-order valence-corrected chi connectivity index (χ1v) is 5.94. The van der Waals surface area contributed by atoms with Gasteiger partial charge in [-0.3, -0.25) is 4.68 Å². The molecule has 19 heavy (non-hydrogen) atoms. The third-order valence-electron chi connectivity index (χ3n) is 3.04. The van der Waals surface area contributed by atoms with Crippen LogP contribution in [0.2, 0.25) is 0 Å². The summed E-state index contributed by atoms with van der Waals surface area (Å²) in [6, 6.07) is 5.76. The zero-order chi connectivity index (χ0) is 13.8. The fourth-order valence-corrected chi connectivity index (χ4v) is 2.04. The van der Waals surface area contributed by atoms with E-state index in [4.69, 9.17) is 9.47 Å². The minimum Gasteiger partial charge on any atom is -0.497 e. The van der Waals surface area contributed by atoms with Gasteiger partial charge in [-0.2, -0.15) is 0 Å². The van der Waals surface area contributed by atoms with Crippen LogP contribution in [0.15, 0.2) is 24.4 Å². The van der Waals surface area contributed by atoms with Crippen molar-refractivity contribution in [2.75, 3.05) is 21.3 Å². The number of hydrogen-bond donors (Lipinski definition) is 1. The molecule has 0 radical (unpaired) electrons. The Morgan fingerprint density at radius 3 is 2.21 bits per heavy atom. The zero-order valence-electron chi connectivity index (χ0n) is 11.5. The van der Waals surface area contributed by atoms with Gasteiger partial charge in [-0.25, -0.2) is 0 Å². The maximum Gasteiger partial charge on any atom is 0.122 e. The molecule has 1 N–H and O–H groups in total. The maximum atomic E-state index is 5.29. The summed E-state index contributed by atoms with van der Waals surface area (Å²) in [5, 5.41) is 11.1. The van der Waals surface area contributed by atoms with Gasteiger partial charge < -0.3 is 14.8 Å². The van der Waals surface area contributed by atoms with E-state index in [-0.39, 0.29) is 6.04 Å². The van der Waals surface area contributed by atoms with E-state index in [2.05, 4.69) is 15.6 Å². The first kappa shape index (κ1) is 13.4. The van der Waals surface area contributed by atoms with Gasteiger partial charge in [-0.1, -0.05) is 5.21 Å². The van der Waals surface area contributed by atoms with Crippen LogP contribution in [0.3, 0.4) is 0 Å². The first-order valence-electron chi connectivity index (χ1n) is 5.94. The Morgan fingerprint density at radius 2 is 1.79 bits per heavy atom. The van der Waals surface area contributed by atoms with Gasteiger partial charge in [0.2, 0.25) is 0 Å². The number of methoxy groups -OCH3 is 2. The van der Waals surface area contributed by atoms with Crippen molar-refractivity contribution in [2.24, 2.45) is 7.05 Å². The average molecular weight is 262 g/mol. The van der Waals surface area contributed by atoms with E-state index in [9.17, 15) is 0 Å². The lowest BCUT2D eigenvalue weighted by Gasteiger charge is -2.18. The molecule has 0 bridgehead atoms. The molecule has 6 heteroatoms. The Hall–Kier alpha value is -2.08. The van der Waals surface area contributed by atoms with Gasteiger partial charge in [-0.05, 0) is 24.7 Å². The van der Waals surface area contributed by atoms with Crippen LogP contribution in [0.5, 0.6) is 11.5 Å². The van der Waals surface area contributed by atoms with Gasteiger partial charge in [0.25, 0.3) is 0 Å². The molecule has 2 rings (SSSR count).